The first-order valence-electron chi connectivity index (χ1n) is 3.76. The Bertz CT molecular complexity index is 313. The summed E-state index contributed by atoms with van der Waals surface area (Å²) in [6, 6.07) is 1.50. The molecule has 0 aliphatic heterocycles. The molecule has 74 valence electrons. The molecule has 0 fully saturated rings. The monoisotopic (exact) mass is 204 g/mol. The SMILES string of the molecule is CC(C)C(=O)CNS(=O)(=O)CC#N. The molecule has 5 nitrogen and oxygen atoms in total. The Morgan fingerprint density at radius 1 is 1.54 bits per heavy atom. The minimum atomic E-state index is -3.59. The number of carbonyl (C=O) groups excluding carboxylic acids is 1. The summed E-state index contributed by atoms with van der Waals surface area (Å²) in [6.45, 7) is 3.13. The maximum Gasteiger partial charge on any atom is 0.225 e. The Kier molecular flexibility index (Phi) is 4.59. The van der Waals surface area contributed by atoms with Gasteiger partial charge in [0.2, 0.25) is 10.0 Å². The lowest BCUT2D eigenvalue weighted by Crippen LogP contribution is -2.32. The topological polar surface area (TPSA) is 87.0 Å². The van der Waals surface area contributed by atoms with Gasteiger partial charge >= 0.3 is 0 Å². The van der Waals surface area contributed by atoms with Crippen LogP contribution in [-0.2, 0) is 14.8 Å². The number of hydrogen-bond donors (Lipinski definition) is 1. The Morgan fingerprint density at radius 3 is 2.46 bits per heavy atom. The van der Waals surface area contributed by atoms with E-state index in [1.54, 1.807) is 13.8 Å². The molecule has 0 aromatic heterocycles. The number of nitriles is 1. The highest BCUT2D eigenvalue weighted by Gasteiger charge is 2.13. The van der Waals surface area contributed by atoms with Crippen molar-refractivity contribution < 1.29 is 13.2 Å². The molecule has 0 radical (unpaired) electrons. The summed E-state index contributed by atoms with van der Waals surface area (Å²) < 4.78 is 23.8. The lowest BCUT2D eigenvalue weighted by Gasteiger charge is -2.04. The van der Waals surface area contributed by atoms with Crippen LogP contribution in [0.5, 0.6) is 0 Å². The van der Waals surface area contributed by atoms with E-state index in [1.165, 1.54) is 6.07 Å². The second-order valence-corrected chi connectivity index (χ2v) is 4.67. The normalized spacial score (nSPS) is 11.2. The third-order valence-electron chi connectivity index (χ3n) is 1.36. The van der Waals surface area contributed by atoms with E-state index in [9.17, 15) is 13.2 Å². The third-order valence-corrected chi connectivity index (χ3v) is 2.46. The number of rotatable bonds is 5. The third kappa shape index (κ3) is 5.33. The summed E-state index contributed by atoms with van der Waals surface area (Å²) in [5.41, 5.74) is 0. The van der Waals surface area contributed by atoms with Crippen molar-refractivity contribution in [3.63, 3.8) is 0 Å². The van der Waals surface area contributed by atoms with Gasteiger partial charge in [-0.25, -0.2) is 13.1 Å². The number of Topliss-reactive ketones (excluding diaryl/α,β-unsaturated/α-hetero) is 1. The molecule has 1 N–H and O–H groups in total. The first-order valence-corrected chi connectivity index (χ1v) is 5.41. The lowest BCUT2D eigenvalue weighted by atomic mass is 10.1. The summed E-state index contributed by atoms with van der Waals surface area (Å²) in [5, 5.41) is 8.12. The largest absolute Gasteiger partial charge is 0.298 e. The summed E-state index contributed by atoms with van der Waals surface area (Å²) >= 11 is 0. The smallest absolute Gasteiger partial charge is 0.225 e. The van der Waals surface area contributed by atoms with Crippen LogP contribution < -0.4 is 4.72 Å². The van der Waals surface area contributed by atoms with Gasteiger partial charge in [-0.15, -0.1) is 0 Å². The highest BCUT2D eigenvalue weighted by molar-refractivity contribution is 7.89. The summed E-state index contributed by atoms with van der Waals surface area (Å²) in [5.74, 6) is -1.01. The van der Waals surface area contributed by atoms with Gasteiger partial charge in [0.25, 0.3) is 0 Å². The molecule has 0 aliphatic carbocycles. The maximum absolute atomic E-state index is 11.0. The average molecular weight is 204 g/mol. The molecule has 0 amide bonds. The van der Waals surface area contributed by atoms with Crippen LogP contribution in [-0.4, -0.2) is 26.5 Å². The van der Waals surface area contributed by atoms with E-state index in [4.69, 9.17) is 5.26 Å². The van der Waals surface area contributed by atoms with Gasteiger partial charge in [-0.2, -0.15) is 5.26 Å². The summed E-state index contributed by atoms with van der Waals surface area (Å²) in [7, 11) is -3.59. The van der Waals surface area contributed by atoms with Crippen LogP contribution in [0.3, 0.4) is 0 Å². The molecule has 0 aromatic carbocycles. The van der Waals surface area contributed by atoms with Crippen molar-refractivity contribution in [2.75, 3.05) is 12.3 Å². The Morgan fingerprint density at radius 2 is 2.08 bits per heavy atom. The molecule has 6 heteroatoms. The van der Waals surface area contributed by atoms with E-state index < -0.39 is 15.8 Å². The minimum Gasteiger partial charge on any atom is -0.298 e. The van der Waals surface area contributed by atoms with E-state index >= 15 is 0 Å². The zero-order chi connectivity index (χ0) is 10.5. The number of nitrogens with one attached hydrogen (secondary N) is 1. The van der Waals surface area contributed by atoms with Crippen LogP contribution in [0.4, 0.5) is 0 Å². The van der Waals surface area contributed by atoms with Crippen LogP contribution in [0.2, 0.25) is 0 Å². The molecular formula is C7H12N2O3S. The number of nitrogens with zero attached hydrogens (tertiary/aromatic N) is 1. The van der Waals surface area contributed by atoms with Crippen LogP contribution in [0.15, 0.2) is 0 Å². The Hall–Kier alpha value is -0.930. The summed E-state index contributed by atoms with van der Waals surface area (Å²) in [4.78, 5) is 11.0. The number of ketones is 1. The van der Waals surface area contributed by atoms with Crippen LogP contribution in [0.25, 0.3) is 0 Å². The fraction of sp³-hybridized carbons (Fsp3) is 0.714. The van der Waals surface area contributed by atoms with Crippen molar-refractivity contribution in [1.82, 2.24) is 4.72 Å². The Labute approximate surface area is 77.8 Å². The number of hydrogen-bond acceptors (Lipinski definition) is 4. The predicted octanol–water partition coefficient (Wildman–Crippen LogP) is -0.346. The van der Waals surface area contributed by atoms with E-state index in [1.807, 2.05) is 4.72 Å². The molecule has 0 heterocycles. The van der Waals surface area contributed by atoms with Crippen LogP contribution in [0.1, 0.15) is 13.8 Å². The van der Waals surface area contributed by atoms with E-state index in [2.05, 4.69) is 0 Å². The van der Waals surface area contributed by atoms with Gasteiger partial charge in [0.05, 0.1) is 12.6 Å². The predicted molar refractivity (Wildman–Crippen MR) is 47.2 cm³/mol. The molecule has 0 atom stereocenters. The van der Waals surface area contributed by atoms with Crippen molar-refractivity contribution in [2.45, 2.75) is 13.8 Å². The van der Waals surface area contributed by atoms with Gasteiger partial charge in [0.15, 0.2) is 5.75 Å². The quantitative estimate of drug-likeness (QED) is 0.663. The molecule has 0 aliphatic rings. The first kappa shape index (κ1) is 12.1. The van der Waals surface area contributed by atoms with E-state index in [0.29, 0.717) is 0 Å². The van der Waals surface area contributed by atoms with E-state index in [0.717, 1.165) is 0 Å². The van der Waals surface area contributed by atoms with E-state index in [-0.39, 0.29) is 18.2 Å². The van der Waals surface area contributed by atoms with Crippen LogP contribution in [0, 0.1) is 17.2 Å². The molecular weight excluding hydrogens is 192 g/mol. The van der Waals surface area contributed by atoms with Gasteiger partial charge < -0.3 is 0 Å². The highest BCUT2D eigenvalue weighted by atomic mass is 32.2. The second-order valence-electron chi connectivity index (χ2n) is 2.86. The first-order chi connectivity index (χ1) is 5.89. The van der Waals surface area contributed by atoms with Gasteiger partial charge in [-0.3, -0.25) is 4.79 Å². The molecule has 0 saturated heterocycles. The highest BCUT2D eigenvalue weighted by Crippen LogP contribution is 1.93. The molecule has 0 saturated carbocycles. The molecule has 0 bridgehead atoms. The molecule has 13 heavy (non-hydrogen) atoms. The maximum atomic E-state index is 11.0. The van der Waals surface area contributed by atoms with Crippen molar-refractivity contribution in [2.24, 2.45) is 5.92 Å². The second kappa shape index (κ2) is 4.94. The lowest BCUT2D eigenvalue weighted by molar-refractivity contribution is -0.120. The summed E-state index contributed by atoms with van der Waals surface area (Å²) in [6.07, 6.45) is 0. The van der Waals surface area contributed by atoms with Crippen molar-refractivity contribution in [1.29, 1.82) is 5.26 Å². The zero-order valence-corrected chi connectivity index (χ0v) is 8.39. The Balaban J connectivity index is 4.05. The van der Waals surface area contributed by atoms with Crippen molar-refractivity contribution in [3.8, 4) is 6.07 Å². The standard InChI is InChI=1S/C7H12N2O3S/c1-6(2)7(10)5-9-13(11,12)4-3-8/h6,9H,4-5H2,1-2H3. The zero-order valence-electron chi connectivity index (χ0n) is 7.57. The molecule has 0 aromatic rings. The molecule has 0 spiro atoms. The average Bonchev–Trinajstić information content (AvgIpc) is 2.00. The molecule has 0 unspecified atom stereocenters. The van der Waals surface area contributed by atoms with Gasteiger partial charge in [0, 0.05) is 5.92 Å². The van der Waals surface area contributed by atoms with Gasteiger partial charge in [-0.05, 0) is 0 Å². The number of sulfonamides is 1. The van der Waals surface area contributed by atoms with Crippen LogP contribution >= 0.6 is 0 Å². The van der Waals surface area contributed by atoms with Gasteiger partial charge in [0.1, 0.15) is 5.78 Å². The van der Waals surface area contributed by atoms with Gasteiger partial charge in [-0.1, -0.05) is 13.8 Å². The fourth-order valence-corrected chi connectivity index (χ4v) is 1.16. The number of carbonyl (C=O) groups is 1. The van der Waals surface area contributed by atoms with Crippen molar-refractivity contribution >= 4 is 15.8 Å². The molecule has 0 rings (SSSR count). The minimum absolute atomic E-state index is 0.193. The fourth-order valence-electron chi connectivity index (χ4n) is 0.521. The van der Waals surface area contributed by atoms with Crippen molar-refractivity contribution in [3.05, 3.63) is 0 Å².